The number of rotatable bonds is 3. The minimum atomic E-state index is -2.47. The van der Waals surface area contributed by atoms with E-state index in [-0.39, 0.29) is 5.92 Å². The molecule has 1 heterocycles. The van der Waals surface area contributed by atoms with Gasteiger partial charge in [0.1, 0.15) is 0 Å². The molecule has 1 aromatic rings. The van der Waals surface area contributed by atoms with E-state index >= 15 is 0 Å². The maximum Gasteiger partial charge on any atom is 0.255 e. The van der Waals surface area contributed by atoms with E-state index in [1.54, 1.807) is 6.20 Å². The van der Waals surface area contributed by atoms with Gasteiger partial charge in [0.05, 0.1) is 6.04 Å². The number of nitrogens with one attached hydrogen (secondary N) is 1. The van der Waals surface area contributed by atoms with Crippen LogP contribution >= 0.6 is 0 Å². The highest BCUT2D eigenvalue weighted by molar-refractivity contribution is 5.27. The molecule has 0 bridgehead atoms. The number of hydrogen-bond donors (Lipinski definition) is 2. The fraction of sp³-hybridized carbons (Fsp3) is 0.545. The molecule has 0 saturated carbocycles. The summed E-state index contributed by atoms with van der Waals surface area (Å²) in [6, 6.07) is 2.79. The minimum Gasteiger partial charge on any atom is -0.271 e. The normalized spacial score (nSPS) is 21.9. The molecule has 0 aromatic carbocycles. The largest absolute Gasteiger partial charge is 0.271 e. The number of fused-ring (bicyclic) bond motifs is 1. The molecule has 2 unspecified atom stereocenters. The van der Waals surface area contributed by atoms with Gasteiger partial charge in [0.15, 0.2) is 0 Å². The summed E-state index contributed by atoms with van der Waals surface area (Å²) < 4.78 is 25.6. The lowest BCUT2D eigenvalue weighted by molar-refractivity contribution is 0.0808. The molecule has 1 aromatic heterocycles. The van der Waals surface area contributed by atoms with Gasteiger partial charge in [-0.3, -0.25) is 16.3 Å². The standard InChI is InChI=1S/C11H15F2N3/c12-11(13)10(16-14)8-5-1-3-7-4-2-6-15-9(7)8/h2,4,6,8,10-11,16H,1,3,5,14H2. The van der Waals surface area contributed by atoms with Crippen molar-refractivity contribution in [2.24, 2.45) is 5.84 Å². The van der Waals surface area contributed by atoms with Crippen molar-refractivity contribution in [1.29, 1.82) is 0 Å². The molecule has 5 heteroatoms. The Bertz CT molecular complexity index is 357. The zero-order valence-electron chi connectivity index (χ0n) is 8.87. The number of hydrazine groups is 1. The van der Waals surface area contributed by atoms with Gasteiger partial charge in [0.2, 0.25) is 0 Å². The first-order valence-electron chi connectivity index (χ1n) is 5.42. The lowest BCUT2D eigenvalue weighted by atomic mass is 9.82. The molecule has 0 saturated heterocycles. The fourth-order valence-corrected chi connectivity index (χ4v) is 2.36. The van der Waals surface area contributed by atoms with Crippen molar-refractivity contribution in [1.82, 2.24) is 10.4 Å². The van der Waals surface area contributed by atoms with Crippen LogP contribution in [0.15, 0.2) is 18.3 Å². The van der Waals surface area contributed by atoms with Crippen LogP contribution in [0.4, 0.5) is 8.78 Å². The van der Waals surface area contributed by atoms with E-state index in [9.17, 15) is 8.78 Å². The summed E-state index contributed by atoms with van der Waals surface area (Å²) >= 11 is 0. The van der Waals surface area contributed by atoms with Crippen LogP contribution in [-0.2, 0) is 6.42 Å². The molecule has 3 nitrogen and oxygen atoms in total. The Labute approximate surface area is 93.0 Å². The highest BCUT2D eigenvalue weighted by Gasteiger charge is 2.33. The first kappa shape index (κ1) is 11.4. The lowest BCUT2D eigenvalue weighted by Crippen LogP contribution is -2.46. The number of halogens is 2. The van der Waals surface area contributed by atoms with Crippen LogP contribution in [0, 0.1) is 0 Å². The minimum absolute atomic E-state index is 0.282. The summed E-state index contributed by atoms with van der Waals surface area (Å²) in [4.78, 5) is 4.22. The van der Waals surface area contributed by atoms with E-state index in [0.717, 1.165) is 24.1 Å². The molecule has 2 rings (SSSR count). The Hall–Kier alpha value is -1.07. The number of pyridine rings is 1. The smallest absolute Gasteiger partial charge is 0.255 e. The Kier molecular flexibility index (Phi) is 3.46. The Morgan fingerprint density at radius 2 is 2.31 bits per heavy atom. The van der Waals surface area contributed by atoms with Crippen molar-refractivity contribution in [3.8, 4) is 0 Å². The quantitative estimate of drug-likeness (QED) is 0.609. The Morgan fingerprint density at radius 1 is 1.50 bits per heavy atom. The lowest BCUT2D eigenvalue weighted by Gasteiger charge is -2.30. The summed E-state index contributed by atoms with van der Waals surface area (Å²) in [6.45, 7) is 0. The van der Waals surface area contributed by atoms with E-state index in [0.29, 0.717) is 6.42 Å². The highest BCUT2D eigenvalue weighted by atomic mass is 19.3. The molecular formula is C11H15F2N3. The zero-order chi connectivity index (χ0) is 11.5. The van der Waals surface area contributed by atoms with Gasteiger partial charge < -0.3 is 0 Å². The van der Waals surface area contributed by atoms with Gasteiger partial charge in [-0.2, -0.15) is 0 Å². The van der Waals surface area contributed by atoms with Gasteiger partial charge >= 0.3 is 0 Å². The summed E-state index contributed by atoms with van der Waals surface area (Å²) in [5.41, 5.74) is 4.07. The van der Waals surface area contributed by atoms with E-state index < -0.39 is 12.5 Å². The Balaban J connectivity index is 2.30. The number of alkyl halides is 2. The van der Waals surface area contributed by atoms with Crippen LogP contribution in [0.3, 0.4) is 0 Å². The second kappa shape index (κ2) is 4.84. The molecule has 0 aliphatic heterocycles. The molecule has 0 fully saturated rings. The first-order valence-corrected chi connectivity index (χ1v) is 5.42. The van der Waals surface area contributed by atoms with Crippen molar-refractivity contribution >= 4 is 0 Å². The van der Waals surface area contributed by atoms with Crippen LogP contribution < -0.4 is 11.3 Å². The monoisotopic (exact) mass is 227 g/mol. The number of aryl methyl sites for hydroxylation is 1. The van der Waals surface area contributed by atoms with Crippen molar-refractivity contribution in [2.45, 2.75) is 37.6 Å². The van der Waals surface area contributed by atoms with Crippen molar-refractivity contribution in [2.75, 3.05) is 0 Å². The Morgan fingerprint density at radius 3 is 3.00 bits per heavy atom. The van der Waals surface area contributed by atoms with Crippen molar-refractivity contribution < 1.29 is 8.78 Å². The van der Waals surface area contributed by atoms with Crippen LogP contribution in [0.25, 0.3) is 0 Å². The van der Waals surface area contributed by atoms with E-state index in [4.69, 9.17) is 5.84 Å². The summed E-state index contributed by atoms with van der Waals surface area (Å²) in [6.07, 6.45) is 1.72. The van der Waals surface area contributed by atoms with Gasteiger partial charge in [-0.1, -0.05) is 6.07 Å². The van der Waals surface area contributed by atoms with Crippen molar-refractivity contribution in [3.63, 3.8) is 0 Å². The molecule has 0 radical (unpaired) electrons. The van der Waals surface area contributed by atoms with Gasteiger partial charge in [-0.25, -0.2) is 8.78 Å². The third kappa shape index (κ3) is 2.05. The number of nitrogens with zero attached hydrogens (tertiary/aromatic N) is 1. The third-order valence-electron chi connectivity index (χ3n) is 3.14. The van der Waals surface area contributed by atoms with E-state index in [1.807, 2.05) is 12.1 Å². The van der Waals surface area contributed by atoms with Crippen LogP contribution in [0.2, 0.25) is 0 Å². The number of hydrogen-bond acceptors (Lipinski definition) is 3. The van der Waals surface area contributed by atoms with Crippen LogP contribution in [0.1, 0.15) is 30.0 Å². The first-order chi connectivity index (χ1) is 7.74. The molecule has 1 aliphatic rings. The molecule has 3 N–H and O–H groups in total. The molecule has 88 valence electrons. The molecule has 1 aliphatic carbocycles. The molecule has 2 atom stereocenters. The van der Waals surface area contributed by atoms with Crippen molar-refractivity contribution in [3.05, 3.63) is 29.6 Å². The predicted molar refractivity (Wildman–Crippen MR) is 57.0 cm³/mol. The summed E-state index contributed by atoms with van der Waals surface area (Å²) in [5, 5.41) is 0. The summed E-state index contributed by atoms with van der Waals surface area (Å²) in [7, 11) is 0. The topological polar surface area (TPSA) is 50.9 Å². The number of nitrogens with two attached hydrogens (primary N) is 1. The molecular weight excluding hydrogens is 212 g/mol. The maximum atomic E-state index is 12.8. The average molecular weight is 227 g/mol. The highest BCUT2D eigenvalue weighted by Crippen LogP contribution is 2.33. The van der Waals surface area contributed by atoms with Gasteiger partial charge in [0.25, 0.3) is 6.43 Å². The van der Waals surface area contributed by atoms with Crippen LogP contribution in [0.5, 0.6) is 0 Å². The molecule has 0 spiro atoms. The average Bonchev–Trinajstić information content (AvgIpc) is 2.30. The second-order valence-electron chi connectivity index (χ2n) is 4.07. The fourth-order valence-electron chi connectivity index (χ4n) is 2.36. The third-order valence-corrected chi connectivity index (χ3v) is 3.14. The maximum absolute atomic E-state index is 12.8. The number of aromatic nitrogens is 1. The zero-order valence-corrected chi connectivity index (χ0v) is 8.87. The molecule has 16 heavy (non-hydrogen) atoms. The van der Waals surface area contributed by atoms with Gasteiger partial charge in [-0.15, -0.1) is 0 Å². The van der Waals surface area contributed by atoms with Gasteiger partial charge in [0, 0.05) is 17.8 Å². The molecule has 0 amide bonds. The van der Waals surface area contributed by atoms with Crippen LogP contribution in [-0.4, -0.2) is 17.5 Å². The SMILES string of the molecule is NNC(C(F)F)C1CCCc2cccnc21. The van der Waals surface area contributed by atoms with E-state index in [1.165, 1.54) is 0 Å². The predicted octanol–water partition coefficient (Wildman–Crippen LogP) is 1.60. The second-order valence-corrected chi connectivity index (χ2v) is 4.07. The van der Waals surface area contributed by atoms with Gasteiger partial charge in [-0.05, 0) is 30.9 Å². The van der Waals surface area contributed by atoms with E-state index in [2.05, 4.69) is 10.4 Å². The summed E-state index contributed by atoms with van der Waals surface area (Å²) in [5.74, 6) is 4.92.